The third-order valence-corrected chi connectivity index (χ3v) is 11.5. The predicted molar refractivity (Wildman–Crippen MR) is 231 cm³/mol. The molecule has 0 aliphatic heterocycles. The Morgan fingerprint density at radius 3 is 1.79 bits per heavy atom. The van der Waals surface area contributed by atoms with Crippen LogP contribution in [0.2, 0.25) is 0 Å². The van der Waals surface area contributed by atoms with Crippen LogP contribution in [-0.4, -0.2) is 15.0 Å². The smallest absolute Gasteiger partial charge is 0.164 e. The summed E-state index contributed by atoms with van der Waals surface area (Å²) < 4.78 is 6.23. The largest absolute Gasteiger partial charge is 0.456 e. The molecule has 2 heterocycles. The number of allylic oxidation sites excluding steroid dienone is 4. The molecule has 56 heavy (non-hydrogen) atoms. The fourth-order valence-electron chi connectivity index (χ4n) is 8.32. The highest BCUT2D eigenvalue weighted by Gasteiger charge is 2.27. The van der Waals surface area contributed by atoms with Crippen LogP contribution in [0.15, 0.2) is 186 Å². The Balaban J connectivity index is 1.02. The number of aromatic nitrogens is 3. The van der Waals surface area contributed by atoms with Crippen molar-refractivity contribution in [1.82, 2.24) is 15.0 Å². The highest BCUT2D eigenvalue weighted by Crippen LogP contribution is 2.40. The molecular formula is C52H35N3O. The third-order valence-electron chi connectivity index (χ3n) is 11.5. The Morgan fingerprint density at radius 1 is 0.482 bits per heavy atom. The minimum atomic E-state index is -0.145. The minimum Gasteiger partial charge on any atom is -0.456 e. The van der Waals surface area contributed by atoms with Gasteiger partial charge in [0.15, 0.2) is 17.5 Å². The lowest BCUT2D eigenvalue weighted by molar-refractivity contribution is 0.602. The maximum absolute atomic E-state index is 6.23. The average molecular weight is 718 g/mol. The van der Waals surface area contributed by atoms with E-state index in [1.165, 1.54) is 21.7 Å². The van der Waals surface area contributed by atoms with Crippen LogP contribution in [0.3, 0.4) is 0 Å². The van der Waals surface area contributed by atoms with Crippen molar-refractivity contribution in [1.29, 1.82) is 0 Å². The van der Waals surface area contributed by atoms with Crippen molar-refractivity contribution in [2.45, 2.75) is 18.8 Å². The van der Waals surface area contributed by atoms with Gasteiger partial charge in [-0.15, -0.1) is 0 Å². The van der Waals surface area contributed by atoms with E-state index in [2.05, 4.69) is 171 Å². The molecule has 1 atom stereocenters. The van der Waals surface area contributed by atoms with E-state index in [9.17, 15) is 0 Å². The van der Waals surface area contributed by atoms with Crippen LogP contribution in [0.25, 0.3) is 93.7 Å². The molecule has 1 unspecified atom stereocenters. The molecule has 11 rings (SSSR count). The third kappa shape index (κ3) is 5.49. The van der Waals surface area contributed by atoms with E-state index in [4.69, 9.17) is 19.4 Å². The molecule has 1 aliphatic rings. The standard InChI is InChI=1S/C52H35N3O/c1-52(43-24-23-34-10-3-5-12-38(34)32-43)27-25-36(26-28-52)49-53-50(40-21-18-33-9-2-4-11-37(33)29-40)55-51(54-49)41-22-19-35-17-20-39(30-42(35)31-41)44-14-8-16-47-48(44)45-13-6-7-15-46(45)56-47/h2-27,29-32H,28H2,1H3. The molecule has 0 bridgehead atoms. The fraction of sp³-hybridized carbons (Fsp3) is 0.0577. The Bertz CT molecular complexity index is 3260. The summed E-state index contributed by atoms with van der Waals surface area (Å²) >= 11 is 0. The Morgan fingerprint density at radius 2 is 1.05 bits per heavy atom. The SMILES string of the molecule is CC1(c2ccc3ccccc3c2)C=CC(c2nc(-c3ccc4ccccc4c3)nc(-c3ccc4ccc(-c5cccc6oc7ccccc7c56)cc4c3)n2)=CC1. The molecule has 264 valence electrons. The zero-order valence-corrected chi connectivity index (χ0v) is 30.8. The quantitative estimate of drug-likeness (QED) is 0.178. The average Bonchev–Trinajstić information content (AvgIpc) is 3.65. The van der Waals surface area contributed by atoms with Crippen LogP contribution in [0.4, 0.5) is 0 Å². The topological polar surface area (TPSA) is 51.8 Å². The van der Waals surface area contributed by atoms with E-state index in [-0.39, 0.29) is 5.41 Å². The second-order valence-electron chi connectivity index (χ2n) is 15.1. The Kier molecular flexibility index (Phi) is 7.33. The van der Waals surface area contributed by atoms with Gasteiger partial charge in [-0.05, 0) is 85.8 Å². The van der Waals surface area contributed by atoms with Crippen molar-refractivity contribution in [3.63, 3.8) is 0 Å². The molecule has 1 aliphatic carbocycles. The highest BCUT2D eigenvalue weighted by molar-refractivity contribution is 6.13. The van der Waals surface area contributed by atoms with Crippen molar-refractivity contribution in [2.24, 2.45) is 0 Å². The molecule has 0 saturated heterocycles. The van der Waals surface area contributed by atoms with E-state index in [0.29, 0.717) is 17.5 Å². The summed E-state index contributed by atoms with van der Waals surface area (Å²) in [6, 6.07) is 57.9. The van der Waals surface area contributed by atoms with Crippen molar-refractivity contribution < 1.29 is 4.42 Å². The Labute approximate surface area is 324 Å². The van der Waals surface area contributed by atoms with Gasteiger partial charge in [-0.2, -0.15) is 0 Å². The second-order valence-corrected chi connectivity index (χ2v) is 15.1. The van der Waals surface area contributed by atoms with E-state index >= 15 is 0 Å². The first-order chi connectivity index (χ1) is 27.5. The molecule has 0 saturated carbocycles. The molecule has 8 aromatic carbocycles. The van der Waals surface area contributed by atoms with E-state index in [0.717, 1.165) is 72.3 Å². The normalized spacial score (nSPS) is 15.6. The summed E-state index contributed by atoms with van der Waals surface area (Å²) in [6.07, 6.45) is 7.62. The molecule has 4 nitrogen and oxygen atoms in total. The number of fused-ring (bicyclic) bond motifs is 6. The Hall–Kier alpha value is -7.17. The molecule has 0 N–H and O–H groups in total. The lowest BCUT2D eigenvalue weighted by atomic mass is 9.75. The fourth-order valence-corrected chi connectivity index (χ4v) is 8.32. The van der Waals surface area contributed by atoms with Gasteiger partial charge in [0.05, 0.1) is 0 Å². The monoisotopic (exact) mass is 717 g/mol. The lowest BCUT2D eigenvalue weighted by Gasteiger charge is -2.29. The first-order valence-electron chi connectivity index (χ1n) is 19.1. The van der Waals surface area contributed by atoms with Crippen LogP contribution in [0, 0.1) is 0 Å². The summed E-state index contributed by atoms with van der Waals surface area (Å²) in [6.45, 7) is 2.30. The van der Waals surface area contributed by atoms with E-state index in [1.807, 2.05) is 18.2 Å². The van der Waals surface area contributed by atoms with Gasteiger partial charge in [0.2, 0.25) is 0 Å². The maximum atomic E-state index is 6.23. The first kappa shape index (κ1) is 32.3. The second kappa shape index (κ2) is 12.7. The molecule has 4 heteroatoms. The number of furan rings is 1. The van der Waals surface area contributed by atoms with Crippen molar-refractivity contribution >= 4 is 59.8 Å². The summed E-state index contributed by atoms with van der Waals surface area (Å²) in [7, 11) is 0. The van der Waals surface area contributed by atoms with Gasteiger partial charge in [-0.25, -0.2) is 15.0 Å². The number of hydrogen-bond acceptors (Lipinski definition) is 4. The van der Waals surface area contributed by atoms with Gasteiger partial charge in [0, 0.05) is 32.9 Å². The molecule has 2 aromatic heterocycles. The van der Waals surface area contributed by atoms with Crippen molar-refractivity contribution in [2.75, 3.05) is 0 Å². The highest BCUT2D eigenvalue weighted by atomic mass is 16.3. The zero-order chi connectivity index (χ0) is 37.2. The van der Waals surface area contributed by atoms with Crippen LogP contribution >= 0.6 is 0 Å². The number of rotatable bonds is 5. The van der Waals surface area contributed by atoms with Gasteiger partial charge in [0.25, 0.3) is 0 Å². The molecule has 0 radical (unpaired) electrons. The van der Waals surface area contributed by atoms with Crippen molar-refractivity contribution in [3.8, 4) is 33.9 Å². The van der Waals surface area contributed by atoms with Crippen LogP contribution in [0.5, 0.6) is 0 Å². The maximum Gasteiger partial charge on any atom is 0.164 e. The molecule has 0 fully saturated rings. The summed E-state index contributed by atoms with van der Waals surface area (Å²) in [5, 5.41) is 9.35. The molecule has 10 aromatic rings. The zero-order valence-electron chi connectivity index (χ0n) is 30.8. The molecule has 0 amide bonds. The number of para-hydroxylation sites is 1. The lowest BCUT2D eigenvalue weighted by Crippen LogP contribution is -2.20. The summed E-state index contributed by atoms with van der Waals surface area (Å²) in [5.74, 6) is 1.97. The minimum absolute atomic E-state index is 0.145. The van der Waals surface area contributed by atoms with E-state index in [1.54, 1.807) is 0 Å². The number of nitrogens with zero attached hydrogens (tertiary/aromatic N) is 3. The van der Waals surface area contributed by atoms with Crippen LogP contribution < -0.4 is 0 Å². The number of benzene rings is 8. The summed E-state index contributed by atoms with van der Waals surface area (Å²) in [5.41, 5.74) is 8.10. The van der Waals surface area contributed by atoms with Gasteiger partial charge in [0.1, 0.15) is 11.2 Å². The predicted octanol–water partition coefficient (Wildman–Crippen LogP) is 13.5. The van der Waals surface area contributed by atoms with Crippen LogP contribution in [-0.2, 0) is 5.41 Å². The molecular weight excluding hydrogens is 683 g/mol. The van der Waals surface area contributed by atoms with Crippen LogP contribution in [0.1, 0.15) is 24.7 Å². The van der Waals surface area contributed by atoms with Gasteiger partial charge in [-0.3, -0.25) is 0 Å². The van der Waals surface area contributed by atoms with Crippen molar-refractivity contribution in [3.05, 3.63) is 193 Å². The summed E-state index contributed by atoms with van der Waals surface area (Å²) in [4.78, 5) is 15.5. The van der Waals surface area contributed by atoms with Gasteiger partial charge in [-0.1, -0.05) is 159 Å². The van der Waals surface area contributed by atoms with Gasteiger partial charge >= 0.3 is 0 Å². The molecule has 0 spiro atoms. The number of hydrogen-bond donors (Lipinski definition) is 0. The van der Waals surface area contributed by atoms with E-state index < -0.39 is 0 Å². The van der Waals surface area contributed by atoms with Gasteiger partial charge < -0.3 is 4.42 Å². The first-order valence-corrected chi connectivity index (χ1v) is 19.1.